The van der Waals surface area contributed by atoms with Crippen LogP contribution in [0.4, 0.5) is 0 Å². The van der Waals surface area contributed by atoms with Crippen molar-refractivity contribution in [3.63, 3.8) is 0 Å². The van der Waals surface area contributed by atoms with E-state index in [9.17, 15) is 0 Å². The standard InChI is InChI=1S/C23H37N5.HI/c1-5-24-22(28-16-13-21(17-28)27-14-9-10-15-27)25-18-23(3,4)26-19(2)20-11-7-6-8-12-20;/h6-12,19,21,26H,5,13-18H2,1-4H3,(H,24,25);1H. The molecular formula is C23H38IN5. The Morgan fingerprint density at radius 1 is 1.21 bits per heavy atom. The van der Waals surface area contributed by atoms with E-state index in [1.807, 2.05) is 0 Å². The molecule has 2 N–H and O–H groups in total. The van der Waals surface area contributed by atoms with Crippen LogP contribution < -0.4 is 10.6 Å². The second-order valence-electron chi connectivity index (χ2n) is 8.64. The monoisotopic (exact) mass is 511 g/mol. The first-order valence-electron chi connectivity index (χ1n) is 10.7. The average molecular weight is 511 g/mol. The Morgan fingerprint density at radius 2 is 1.90 bits per heavy atom. The van der Waals surface area contributed by atoms with E-state index in [-0.39, 0.29) is 29.5 Å². The molecule has 2 unspecified atom stereocenters. The van der Waals surface area contributed by atoms with Crippen LogP contribution in [0.1, 0.15) is 45.7 Å². The molecule has 0 saturated carbocycles. The fraction of sp³-hybridized carbons (Fsp3) is 0.609. The number of nitrogens with one attached hydrogen (secondary N) is 2. The maximum atomic E-state index is 5.01. The summed E-state index contributed by atoms with van der Waals surface area (Å²) in [7, 11) is 0. The van der Waals surface area contributed by atoms with Crippen molar-refractivity contribution in [1.82, 2.24) is 20.4 Å². The Labute approximate surface area is 194 Å². The van der Waals surface area contributed by atoms with Crippen LogP contribution in [-0.4, -0.2) is 66.6 Å². The second kappa shape index (κ2) is 11.3. The third kappa shape index (κ3) is 6.96. The van der Waals surface area contributed by atoms with Crippen molar-refractivity contribution < 1.29 is 0 Å². The van der Waals surface area contributed by atoms with Gasteiger partial charge in [-0.2, -0.15) is 0 Å². The summed E-state index contributed by atoms with van der Waals surface area (Å²) in [5, 5.41) is 7.25. The molecule has 0 spiro atoms. The highest BCUT2D eigenvalue weighted by Gasteiger charge is 2.30. The topological polar surface area (TPSA) is 42.9 Å². The maximum Gasteiger partial charge on any atom is 0.194 e. The highest BCUT2D eigenvalue weighted by molar-refractivity contribution is 14.0. The van der Waals surface area contributed by atoms with Crippen LogP contribution in [0.25, 0.3) is 0 Å². The van der Waals surface area contributed by atoms with Crippen LogP contribution in [0.3, 0.4) is 0 Å². The molecule has 2 atom stereocenters. The zero-order valence-electron chi connectivity index (χ0n) is 18.4. The number of hydrogen-bond donors (Lipinski definition) is 2. The van der Waals surface area contributed by atoms with Crippen molar-refractivity contribution in [2.24, 2.45) is 4.99 Å². The molecule has 2 heterocycles. The molecule has 3 rings (SSSR count). The summed E-state index contributed by atoms with van der Waals surface area (Å²) in [6, 6.07) is 11.6. The number of likely N-dealkylation sites (tertiary alicyclic amines) is 1. The van der Waals surface area contributed by atoms with Gasteiger partial charge in [-0.15, -0.1) is 24.0 Å². The number of nitrogens with zero attached hydrogens (tertiary/aromatic N) is 3. The van der Waals surface area contributed by atoms with Crippen LogP contribution in [0.2, 0.25) is 0 Å². The van der Waals surface area contributed by atoms with Gasteiger partial charge in [0.2, 0.25) is 0 Å². The number of rotatable bonds is 7. The molecule has 1 saturated heterocycles. The van der Waals surface area contributed by atoms with Crippen molar-refractivity contribution in [2.45, 2.75) is 51.7 Å². The van der Waals surface area contributed by atoms with Crippen LogP contribution in [0, 0.1) is 0 Å². The van der Waals surface area contributed by atoms with Crippen molar-refractivity contribution in [3.05, 3.63) is 48.0 Å². The Morgan fingerprint density at radius 3 is 2.55 bits per heavy atom. The molecule has 162 valence electrons. The van der Waals surface area contributed by atoms with Crippen molar-refractivity contribution in [1.29, 1.82) is 0 Å². The minimum Gasteiger partial charge on any atom is -0.357 e. The summed E-state index contributed by atoms with van der Waals surface area (Å²) < 4.78 is 0. The summed E-state index contributed by atoms with van der Waals surface area (Å²) >= 11 is 0. The Balaban J connectivity index is 0.00000300. The largest absolute Gasteiger partial charge is 0.357 e. The molecule has 0 amide bonds. The molecule has 6 heteroatoms. The molecule has 1 aromatic rings. The highest BCUT2D eigenvalue weighted by Crippen LogP contribution is 2.19. The SMILES string of the molecule is CCNC(=NCC(C)(C)NC(C)c1ccccc1)N1CCC(N2CC=CC2)C1.I. The van der Waals surface area contributed by atoms with Gasteiger partial charge >= 0.3 is 0 Å². The normalized spacial score (nSPS) is 21.3. The summed E-state index contributed by atoms with van der Waals surface area (Å²) in [6.07, 6.45) is 5.78. The lowest BCUT2D eigenvalue weighted by Gasteiger charge is -2.30. The van der Waals surface area contributed by atoms with Crippen molar-refractivity contribution in [2.75, 3.05) is 39.3 Å². The lowest BCUT2D eigenvalue weighted by Crippen LogP contribution is -2.46. The Kier molecular flexibility index (Phi) is 9.43. The smallest absolute Gasteiger partial charge is 0.194 e. The zero-order valence-corrected chi connectivity index (χ0v) is 20.7. The van der Waals surface area contributed by atoms with Gasteiger partial charge in [-0.05, 0) is 39.7 Å². The third-order valence-electron chi connectivity index (χ3n) is 5.69. The maximum absolute atomic E-state index is 5.01. The van der Waals surface area contributed by atoms with Gasteiger partial charge in [-0.3, -0.25) is 9.89 Å². The fourth-order valence-corrected chi connectivity index (χ4v) is 4.18. The summed E-state index contributed by atoms with van der Waals surface area (Å²) in [4.78, 5) is 10.0. The van der Waals surface area contributed by atoms with E-state index < -0.39 is 0 Å². The Bertz CT molecular complexity index is 665. The molecule has 0 aliphatic carbocycles. The van der Waals surface area contributed by atoms with Gasteiger partial charge in [0.1, 0.15) is 0 Å². The van der Waals surface area contributed by atoms with E-state index in [0.29, 0.717) is 12.1 Å². The molecule has 0 aromatic heterocycles. The molecule has 1 fully saturated rings. The lowest BCUT2D eigenvalue weighted by molar-refractivity contribution is 0.259. The van der Waals surface area contributed by atoms with Gasteiger partial charge in [-0.1, -0.05) is 42.5 Å². The predicted octanol–water partition coefficient (Wildman–Crippen LogP) is 3.65. The highest BCUT2D eigenvalue weighted by atomic mass is 127. The van der Waals surface area contributed by atoms with Gasteiger partial charge in [0.15, 0.2) is 5.96 Å². The van der Waals surface area contributed by atoms with E-state index in [0.717, 1.165) is 45.2 Å². The molecule has 0 radical (unpaired) electrons. The van der Waals surface area contributed by atoms with Crippen LogP contribution in [0.5, 0.6) is 0 Å². The average Bonchev–Trinajstić information content (AvgIpc) is 3.37. The van der Waals surface area contributed by atoms with Crippen LogP contribution in [-0.2, 0) is 0 Å². The molecule has 1 aromatic carbocycles. The van der Waals surface area contributed by atoms with E-state index in [2.05, 4.69) is 90.6 Å². The minimum atomic E-state index is -0.0755. The second-order valence-corrected chi connectivity index (χ2v) is 8.64. The van der Waals surface area contributed by atoms with Crippen LogP contribution in [0.15, 0.2) is 47.5 Å². The van der Waals surface area contributed by atoms with Gasteiger partial charge in [-0.25, -0.2) is 0 Å². The van der Waals surface area contributed by atoms with E-state index >= 15 is 0 Å². The minimum absolute atomic E-state index is 0. The molecular weight excluding hydrogens is 473 g/mol. The first-order chi connectivity index (χ1) is 13.5. The van der Waals surface area contributed by atoms with Crippen LogP contribution >= 0.6 is 24.0 Å². The molecule has 0 bridgehead atoms. The summed E-state index contributed by atoms with van der Waals surface area (Å²) in [5.41, 5.74) is 1.24. The quantitative estimate of drug-likeness (QED) is 0.254. The third-order valence-corrected chi connectivity index (χ3v) is 5.69. The summed E-state index contributed by atoms with van der Waals surface area (Å²) in [5.74, 6) is 1.05. The first-order valence-corrected chi connectivity index (χ1v) is 10.7. The van der Waals surface area contributed by atoms with Crippen molar-refractivity contribution in [3.8, 4) is 0 Å². The fourth-order valence-electron chi connectivity index (χ4n) is 4.18. The Hall–Kier alpha value is -1.12. The molecule has 2 aliphatic heterocycles. The number of guanidine groups is 1. The van der Waals surface area contributed by atoms with E-state index in [4.69, 9.17) is 4.99 Å². The predicted molar refractivity (Wildman–Crippen MR) is 134 cm³/mol. The number of halogens is 1. The first kappa shape index (κ1) is 24.2. The zero-order chi connectivity index (χ0) is 20.0. The van der Waals surface area contributed by atoms with E-state index in [1.54, 1.807) is 0 Å². The van der Waals surface area contributed by atoms with Gasteiger partial charge < -0.3 is 15.5 Å². The van der Waals surface area contributed by atoms with Gasteiger partial charge in [0.25, 0.3) is 0 Å². The van der Waals surface area contributed by atoms with E-state index in [1.165, 1.54) is 12.0 Å². The lowest BCUT2D eigenvalue weighted by atomic mass is 10.0. The number of aliphatic imine (C=N–C) groups is 1. The van der Waals surface area contributed by atoms with Crippen molar-refractivity contribution >= 4 is 29.9 Å². The number of hydrogen-bond acceptors (Lipinski definition) is 3. The summed E-state index contributed by atoms with van der Waals surface area (Å²) in [6.45, 7) is 14.8. The molecule has 2 aliphatic rings. The van der Waals surface area contributed by atoms with Gasteiger partial charge in [0, 0.05) is 50.3 Å². The molecule has 29 heavy (non-hydrogen) atoms. The number of benzene rings is 1. The molecule has 5 nitrogen and oxygen atoms in total. The van der Waals surface area contributed by atoms with Gasteiger partial charge in [0.05, 0.1) is 6.54 Å².